The van der Waals surface area contributed by atoms with Crippen LogP contribution in [0.2, 0.25) is 0 Å². The van der Waals surface area contributed by atoms with E-state index in [1.807, 2.05) is 31.2 Å². The summed E-state index contributed by atoms with van der Waals surface area (Å²) in [6.45, 7) is 2.47. The Morgan fingerprint density at radius 1 is 1.20 bits per heavy atom. The van der Waals surface area contributed by atoms with E-state index in [-0.39, 0.29) is 17.3 Å². The molecular weight excluding hydrogens is 318 g/mol. The number of nitrogens with one attached hydrogen (secondary N) is 1. The third-order valence-corrected chi connectivity index (χ3v) is 4.49. The molecule has 0 unspecified atom stereocenters. The lowest BCUT2D eigenvalue weighted by molar-refractivity contribution is 0.0963. The molecule has 0 saturated carbocycles. The van der Waals surface area contributed by atoms with Crippen LogP contribution in [0.5, 0.6) is 0 Å². The van der Waals surface area contributed by atoms with Gasteiger partial charge in [-0.1, -0.05) is 18.2 Å². The zero-order valence-electron chi connectivity index (χ0n) is 13.5. The van der Waals surface area contributed by atoms with Gasteiger partial charge in [0.1, 0.15) is 5.52 Å². The van der Waals surface area contributed by atoms with Crippen LogP contribution in [0.25, 0.3) is 22.0 Å². The third-order valence-electron chi connectivity index (χ3n) is 4.49. The lowest BCUT2D eigenvalue weighted by atomic mass is 9.94. The van der Waals surface area contributed by atoms with Crippen LogP contribution in [0, 0.1) is 6.92 Å². The van der Waals surface area contributed by atoms with Gasteiger partial charge in [0.15, 0.2) is 5.69 Å². The van der Waals surface area contributed by atoms with E-state index in [9.17, 15) is 9.59 Å². The number of nitrogens with two attached hydrogens (primary N) is 2. The van der Waals surface area contributed by atoms with Crippen molar-refractivity contribution in [2.75, 3.05) is 5.73 Å². The molecule has 0 atom stereocenters. The van der Waals surface area contributed by atoms with Crippen LogP contribution in [0.1, 0.15) is 32.0 Å². The van der Waals surface area contributed by atoms with Crippen molar-refractivity contribution in [1.82, 2.24) is 15.5 Å². The average molecular weight is 333 g/mol. The van der Waals surface area contributed by atoms with E-state index in [2.05, 4.69) is 15.5 Å². The molecule has 1 aromatic heterocycles. The molecule has 5 N–H and O–H groups in total. The van der Waals surface area contributed by atoms with E-state index in [4.69, 9.17) is 11.5 Å². The van der Waals surface area contributed by atoms with Crippen molar-refractivity contribution in [2.45, 2.75) is 13.5 Å². The standard InChI is InChI=1S/C18H15N5O2/c1-8-2-4-12-14(19)16(17(20)24)23-22-15(12)13(8)9-3-5-11-10(6-9)7-21-18(11)25/h2-6H,7H2,1H3,(H2,19,22)(H2,20,24)(H,21,25). The van der Waals surface area contributed by atoms with Gasteiger partial charge < -0.3 is 16.8 Å². The molecule has 0 bridgehead atoms. The zero-order valence-corrected chi connectivity index (χ0v) is 13.5. The fourth-order valence-corrected chi connectivity index (χ4v) is 3.23. The first kappa shape index (κ1) is 15.1. The molecule has 2 amide bonds. The molecule has 1 aliphatic heterocycles. The third kappa shape index (κ3) is 2.20. The van der Waals surface area contributed by atoms with Crippen molar-refractivity contribution in [3.05, 3.63) is 52.7 Å². The highest BCUT2D eigenvalue weighted by atomic mass is 16.2. The maximum absolute atomic E-state index is 11.7. The molecule has 2 heterocycles. The van der Waals surface area contributed by atoms with E-state index >= 15 is 0 Å². The second kappa shape index (κ2) is 5.27. The maximum atomic E-state index is 11.7. The van der Waals surface area contributed by atoms with Crippen molar-refractivity contribution in [3.63, 3.8) is 0 Å². The quantitative estimate of drug-likeness (QED) is 0.656. The number of benzene rings is 2. The van der Waals surface area contributed by atoms with Crippen molar-refractivity contribution < 1.29 is 9.59 Å². The average Bonchev–Trinajstić information content (AvgIpc) is 2.95. The highest BCUT2D eigenvalue weighted by Crippen LogP contribution is 2.34. The minimum Gasteiger partial charge on any atom is -0.396 e. The molecule has 3 aromatic rings. The maximum Gasteiger partial charge on any atom is 0.271 e. The molecule has 124 valence electrons. The van der Waals surface area contributed by atoms with E-state index in [0.717, 1.165) is 22.3 Å². The molecule has 0 spiro atoms. The number of aryl methyl sites for hydroxylation is 1. The number of nitrogen functional groups attached to an aromatic ring is 1. The van der Waals surface area contributed by atoms with Gasteiger partial charge in [0.2, 0.25) is 0 Å². The summed E-state index contributed by atoms with van der Waals surface area (Å²) >= 11 is 0. The molecule has 2 aromatic carbocycles. The lowest BCUT2D eigenvalue weighted by Crippen LogP contribution is -2.16. The molecule has 1 aliphatic rings. The summed E-state index contributed by atoms with van der Waals surface area (Å²) in [6.07, 6.45) is 0. The van der Waals surface area contributed by atoms with E-state index < -0.39 is 5.91 Å². The number of anilines is 1. The molecular formula is C18H15N5O2. The number of hydrogen-bond donors (Lipinski definition) is 3. The number of aromatic nitrogens is 2. The molecule has 25 heavy (non-hydrogen) atoms. The Balaban J connectivity index is 1.99. The van der Waals surface area contributed by atoms with E-state index in [1.54, 1.807) is 6.07 Å². The fraction of sp³-hybridized carbons (Fsp3) is 0.111. The molecule has 0 aliphatic carbocycles. The van der Waals surface area contributed by atoms with Gasteiger partial charge in [-0.05, 0) is 35.7 Å². The van der Waals surface area contributed by atoms with Crippen LogP contribution in [0.4, 0.5) is 5.69 Å². The molecule has 0 fully saturated rings. The topological polar surface area (TPSA) is 124 Å². The minimum atomic E-state index is -0.712. The second-order valence-corrected chi connectivity index (χ2v) is 6.03. The smallest absolute Gasteiger partial charge is 0.271 e. The Labute approximate surface area is 143 Å². The highest BCUT2D eigenvalue weighted by molar-refractivity contribution is 6.08. The highest BCUT2D eigenvalue weighted by Gasteiger charge is 2.21. The molecule has 7 heteroatoms. The number of amides is 2. The first-order valence-electron chi connectivity index (χ1n) is 7.74. The van der Waals surface area contributed by atoms with Crippen LogP contribution in [-0.4, -0.2) is 22.0 Å². The Hall–Kier alpha value is -3.48. The van der Waals surface area contributed by atoms with Crippen LogP contribution in [0.3, 0.4) is 0 Å². The van der Waals surface area contributed by atoms with E-state index in [1.165, 1.54) is 0 Å². The van der Waals surface area contributed by atoms with Crippen molar-refractivity contribution in [3.8, 4) is 11.1 Å². The molecule has 4 rings (SSSR count). The van der Waals surface area contributed by atoms with Gasteiger partial charge in [-0.2, -0.15) is 0 Å². The lowest BCUT2D eigenvalue weighted by Gasteiger charge is -2.12. The van der Waals surface area contributed by atoms with Gasteiger partial charge >= 0.3 is 0 Å². The first-order valence-corrected chi connectivity index (χ1v) is 7.74. The predicted octanol–water partition coefficient (Wildman–Crippen LogP) is 1.53. The van der Waals surface area contributed by atoms with Gasteiger partial charge in [0.05, 0.1) is 5.69 Å². The Kier molecular flexibility index (Phi) is 3.18. The fourth-order valence-electron chi connectivity index (χ4n) is 3.23. The number of hydrogen-bond acceptors (Lipinski definition) is 5. The van der Waals surface area contributed by atoms with E-state index in [0.29, 0.717) is 23.0 Å². The van der Waals surface area contributed by atoms with Crippen molar-refractivity contribution >= 4 is 28.4 Å². The summed E-state index contributed by atoms with van der Waals surface area (Å²) < 4.78 is 0. The van der Waals surface area contributed by atoms with Gasteiger partial charge in [-0.3, -0.25) is 9.59 Å². The molecule has 7 nitrogen and oxygen atoms in total. The summed E-state index contributed by atoms with van der Waals surface area (Å²) in [5.74, 6) is -0.775. The number of carbonyl (C=O) groups excluding carboxylic acids is 2. The van der Waals surface area contributed by atoms with Crippen molar-refractivity contribution in [1.29, 1.82) is 0 Å². The summed E-state index contributed by atoms with van der Waals surface area (Å²) in [5.41, 5.74) is 16.5. The number of rotatable bonds is 2. The molecule has 0 saturated heterocycles. The first-order chi connectivity index (χ1) is 12.0. The Morgan fingerprint density at radius 3 is 2.76 bits per heavy atom. The van der Waals surface area contributed by atoms with Gasteiger partial charge in [0.25, 0.3) is 11.8 Å². The summed E-state index contributed by atoms with van der Waals surface area (Å²) in [4.78, 5) is 23.2. The SMILES string of the molecule is Cc1ccc2c(N)c(C(N)=O)nnc2c1-c1ccc2c(c1)CNC2=O. The zero-order chi connectivity index (χ0) is 17.7. The monoisotopic (exact) mass is 333 g/mol. The predicted molar refractivity (Wildman–Crippen MR) is 93.8 cm³/mol. The Bertz CT molecular complexity index is 1070. The van der Waals surface area contributed by atoms with Crippen LogP contribution in [-0.2, 0) is 6.54 Å². The second-order valence-electron chi connectivity index (χ2n) is 6.03. The largest absolute Gasteiger partial charge is 0.396 e. The van der Waals surface area contributed by atoms with Gasteiger partial charge in [-0.15, -0.1) is 10.2 Å². The van der Waals surface area contributed by atoms with Crippen molar-refractivity contribution in [2.24, 2.45) is 5.73 Å². The number of primary amides is 1. The number of carbonyl (C=O) groups is 2. The number of fused-ring (bicyclic) bond motifs is 2. The van der Waals surface area contributed by atoms with Gasteiger partial charge in [-0.25, -0.2) is 0 Å². The normalized spacial score (nSPS) is 12.9. The molecule has 0 radical (unpaired) electrons. The van der Waals surface area contributed by atoms with Crippen LogP contribution >= 0.6 is 0 Å². The summed E-state index contributed by atoms with van der Waals surface area (Å²) in [5, 5.41) is 11.5. The van der Waals surface area contributed by atoms with Gasteiger partial charge in [0, 0.05) is 23.1 Å². The number of nitrogens with zero attached hydrogens (tertiary/aromatic N) is 2. The summed E-state index contributed by atoms with van der Waals surface area (Å²) in [6, 6.07) is 9.38. The summed E-state index contributed by atoms with van der Waals surface area (Å²) in [7, 11) is 0. The van der Waals surface area contributed by atoms with Crippen LogP contribution in [0.15, 0.2) is 30.3 Å². The Morgan fingerprint density at radius 2 is 2.00 bits per heavy atom. The van der Waals surface area contributed by atoms with Crippen LogP contribution < -0.4 is 16.8 Å². The minimum absolute atomic E-state index is 0.0361.